The van der Waals surface area contributed by atoms with Crippen molar-refractivity contribution in [2.75, 3.05) is 0 Å². The number of hydrogen-bond acceptors (Lipinski definition) is 2. The van der Waals surface area contributed by atoms with Gasteiger partial charge >= 0.3 is 5.97 Å². The molecule has 0 fully saturated rings. The highest BCUT2D eigenvalue weighted by Crippen LogP contribution is 2.37. The lowest BCUT2D eigenvalue weighted by molar-refractivity contribution is -0.154. The molecule has 1 atom stereocenters. The molecular formula is C13H16O3. The summed E-state index contributed by atoms with van der Waals surface area (Å²) in [5.74, 6) is -0.127. The highest BCUT2D eigenvalue weighted by molar-refractivity contribution is 5.80. The molecular weight excluding hydrogens is 204 g/mol. The molecule has 0 aliphatic carbocycles. The van der Waals surface area contributed by atoms with Crippen LogP contribution in [0.25, 0.3) is 0 Å². The van der Waals surface area contributed by atoms with Crippen LogP contribution in [0.2, 0.25) is 0 Å². The van der Waals surface area contributed by atoms with Gasteiger partial charge in [0, 0.05) is 6.42 Å². The van der Waals surface area contributed by atoms with Gasteiger partial charge in [0.2, 0.25) is 5.60 Å². The molecule has 1 aromatic rings. The number of fused-ring (bicyclic) bond motifs is 1. The van der Waals surface area contributed by atoms with Crippen molar-refractivity contribution in [3.8, 4) is 5.75 Å². The van der Waals surface area contributed by atoms with E-state index in [9.17, 15) is 9.90 Å². The summed E-state index contributed by atoms with van der Waals surface area (Å²) in [4.78, 5) is 11.4. The van der Waals surface area contributed by atoms with Crippen LogP contribution in [0.15, 0.2) is 24.3 Å². The van der Waals surface area contributed by atoms with Gasteiger partial charge in [-0.3, -0.25) is 0 Å². The Morgan fingerprint density at radius 1 is 1.50 bits per heavy atom. The van der Waals surface area contributed by atoms with E-state index in [0.29, 0.717) is 12.8 Å². The molecule has 1 unspecified atom stereocenters. The summed E-state index contributed by atoms with van der Waals surface area (Å²) < 4.78 is 5.66. The van der Waals surface area contributed by atoms with Crippen molar-refractivity contribution in [2.24, 2.45) is 0 Å². The molecule has 0 amide bonds. The summed E-state index contributed by atoms with van der Waals surface area (Å²) in [6, 6.07) is 7.56. The van der Waals surface area contributed by atoms with Crippen LogP contribution in [0.5, 0.6) is 5.75 Å². The largest absolute Gasteiger partial charge is 0.478 e. The molecule has 0 bridgehead atoms. The minimum absolute atomic E-state index is 0.485. The van der Waals surface area contributed by atoms with Gasteiger partial charge in [-0.1, -0.05) is 31.5 Å². The summed E-state index contributed by atoms with van der Waals surface area (Å²) in [5, 5.41) is 9.34. The molecule has 3 nitrogen and oxygen atoms in total. The maximum Gasteiger partial charge on any atom is 0.348 e. The van der Waals surface area contributed by atoms with Gasteiger partial charge in [-0.05, 0) is 24.5 Å². The van der Waals surface area contributed by atoms with Gasteiger partial charge in [0.25, 0.3) is 0 Å². The molecule has 1 N–H and O–H groups in total. The molecule has 3 heteroatoms. The highest BCUT2D eigenvalue weighted by atomic mass is 16.5. The van der Waals surface area contributed by atoms with E-state index in [4.69, 9.17) is 4.74 Å². The van der Waals surface area contributed by atoms with Crippen LogP contribution in [0, 0.1) is 0 Å². The first-order valence-corrected chi connectivity index (χ1v) is 5.68. The van der Waals surface area contributed by atoms with Crippen LogP contribution < -0.4 is 4.74 Å². The van der Waals surface area contributed by atoms with Gasteiger partial charge in [-0.15, -0.1) is 0 Å². The fraction of sp³-hybridized carbons (Fsp3) is 0.462. The SMILES string of the molecule is CCCCC1(C(=O)O)Cc2ccccc2O1. The predicted molar refractivity (Wildman–Crippen MR) is 60.7 cm³/mol. The van der Waals surface area contributed by atoms with Crippen LogP contribution in [0.3, 0.4) is 0 Å². The lowest BCUT2D eigenvalue weighted by Gasteiger charge is -2.23. The Balaban J connectivity index is 2.24. The quantitative estimate of drug-likeness (QED) is 0.848. The zero-order valence-corrected chi connectivity index (χ0v) is 9.40. The Hall–Kier alpha value is -1.51. The normalized spacial score (nSPS) is 22.6. The van der Waals surface area contributed by atoms with Crippen molar-refractivity contribution < 1.29 is 14.6 Å². The van der Waals surface area contributed by atoms with E-state index in [0.717, 1.165) is 24.2 Å². The first-order valence-electron chi connectivity index (χ1n) is 5.68. The molecule has 2 rings (SSSR count). The molecule has 1 aliphatic rings. The number of para-hydroxylation sites is 1. The first-order chi connectivity index (χ1) is 7.68. The third-order valence-electron chi connectivity index (χ3n) is 3.08. The summed E-state index contributed by atoms with van der Waals surface area (Å²) in [5.41, 5.74) is -0.0271. The second-order valence-corrected chi connectivity index (χ2v) is 4.29. The molecule has 16 heavy (non-hydrogen) atoms. The third-order valence-corrected chi connectivity index (χ3v) is 3.08. The fourth-order valence-electron chi connectivity index (χ4n) is 2.13. The van der Waals surface area contributed by atoms with E-state index in [2.05, 4.69) is 6.92 Å². The first kappa shape index (κ1) is 11.0. The van der Waals surface area contributed by atoms with Crippen molar-refractivity contribution >= 4 is 5.97 Å². The standard InChI is InChI=1S/C13H16O3/c1-2-3-8-13(12(14)15)9-10-6-4-5-7-11(10)16-13/h4-7H,2-3,8-9H2,1H3,(H,14,15). The Morgan fingerprint density at radius 3 is 2.88 bits per heavy atom. The maximum absolute atomic E-state index is 11.4. The minimum atomic E-state index is -1.03. The summed E-state index contributed by atoms with van der Waals surface area (Å²) in [6.07, 6.45) is 2.92. The number of hydrogen-bond donors (Lipinski definition) is 1. The third kappa shape index (κ3) is 1.77. The van der Waals surface area contributed by atoms with Crippen LogP contribution in [-0.2, 0) is 11.2 Å². The van der Waals surface area contributed by atoms with Crippen molar-refractivity contribution in [1.29, 1.82) is 0 Å². The topological polar surface area (TPSA) is 46.5 Å². The van der Waals surface area contributed by atoms with Gasteiger partial charge < -0.3 is 9.84 Å². The second kappa shape index (κ2) is 4.16. The van der Waals surface area contributed by atoms with E-state index >= 15 is 0 Å². The number of carboxylic acid groups (broad SMARTS) is 1. The summed E-state index contributed by atoms with van der Waals surface area (Å²) >= 11 is 0. The molecule has 0 radical (unpaired) electrons. The Bertz CT molecular complexity index is 373. The zero-order valence-electron chi connectivity index (χ0n) is 9.40. The molecule has 86 valence electrons. The van der Waals surface area contributed by atoms with Crippen LogP contribution in [0.1, 0.15) is 31.7 Å². The van der Waals surface area contributed by atoms with Crippen molar-refractivity contribution in [3.05, 3.63) is 29.8 Å². The van der Waals surface area contributed by atoms with Crippen LogP contribution in [0.4, 0.5) is 0 Å². The molecule has 0 saturated carbocycles. The number of ether oxygens (including phenoxy) is 1. The number of carboxylic acids is 1. The number of carbonyl (C=O) groups is 1. The van der Waals surface area contributed by atoms with Crippen molar-refractivity contribution in [2.45, 2.75) is 38.2 Å². The lowest BCUT2D eigenvalue weighted by atomic mass is 9.91. The molecule has 1 aromatic carbocycles. The molecule has 1 aliphatic heterocycles. The van der Waals surface area contributed by atoms with E-state index in [1.807, 2.05) is 24.3 Å². The maximum atomic E-state index is 11.4. The van der Waals surface area contributed by atoms with Crippen molar-refractivity contribution in [3.63, 3.8) is 0 Å². The molecule has 0 spiro atoms. The van der Waals surface area contributed by atoms with Gasteiger partial charge in [0.15, 0.2) is 0 Å². The Labute approximate surface area is 95.0 Å². The van der Waals surface area contributed by atoms with Crippen LogP contribution in [-0.4, -0.2) is 16.7 Å². The van der Waals surface area contributed by atoms with E-state index in [1.165, 1.54) is 0 Å². The van der Waals surface area contributed by atoms with Crippen molar-refractivity contribution in [1.82, 2.24) is 0 Å². The van der Waals surface area contributed by atoms with E-state index in [1.54, 1.807) is 0 Å². The highest BCUT2D eigenvalue weighted by Gasteiger charge is 2.45. The molecule has 0 aromatic heterocycles. The van der Waals surface area contributed by atoms with Gasteiger partial charge in [0.1, 0.15) is 5.75 Å². The smallest absolute Gasteiger partial charge is 0.348 e. The zero-order chi connectivity index (χ0) is 11.6. The summed E-state index contributed by atoms with van der Waals surface area (Å²) in [6.45, 7) is 2.05. The number of rotatable bonds is 4. The van der Waals surface area contributed by atoms with Gasteiger partial charge in [0.05, 0.1) is 0 Å². The average Bonchev–Trinajstić information content (AvgIpc) is 2.66. The molecule has 0 saturated heterocycles. The Morgan fingerprint density at radius 2 is 2.25 bits per heavy atom. The summed E-state index contributed by atoms with van der Waals surface area (Å²) in [7, 11) is 0. The van der Waals surface area contributed by atoms with Crippen LogP contribution >= 0.6 is 0 Å². The van der Waals surface area contributed by atoms with Gasteiger partial charge in [-0.2, -0.15) is 0 Å². The number of benzene rings is 1. The lowest BCUT2D eigenvalue weighted by Crippen LogP contribution is -2.43. The average molecular weight is 220 g/mol. The Kier molecular flexibility index (Phi) is 2.86. The number of aliphatic carboxylic acids is 1. The fourth-order valence-corrected chi connectivity index (χ4v) is 2.13. The monoisotopic (exact) mass is 220 g/mol. The predicted octanol–water partition coefficient (Wildman–Crippen LogP) is 2.64. The van der Waals surface area contributed by atoms with E-state index < -0.39 is 11.6 Å². The minimum Gasteiger partial charge on any atom is -0.478 e. The van der Waals surface area contributed by atoms with Gasteiger partial charge in [-0.25, -0.2) is 4.79 Å². The van der Waals surface area contributed by atoms with E-state index in [-0.39, 0.29) is 0 Å². The molecule has 1 heterocycles. The number of unbranched alkanes of at least 4 members (excludes halogenated alkanes) is 1. The second-order valence-electron chi connectivity index (χ2n) is 4.29.